The van der Waals surface area contributed by atoms with Crippen LogP contribution in [0.1, 0.15) is 12.3 Å². The zero-order chi connectivity index (χ0) is 16.2. The third-order valence-electron chi connectivity index (χ3n) is 3.99. The Balaban J connectivity index is 1.57. The number of rotatable bonds is 4. The van der Waals surface area contributed by atoms with Crippen LogP contribution in [0.3, 0.4) is 0 Å². The number of nitrogens with zero attached hydrogens (tertiary/aromatic N) is 4. The summed E-state index contributed by atoms with van der Waals surface area (Å²) < 4.78 is 18.8. The molecule has 23 heavy (non-hydrogen) atoms. The summed E-state index contributed by atoms with van der Waals surface area (Å²) in [7, 11) is 2.05. The van der Waals surface area contributed by atoms with Gasteiger partial charge >= 0.3 is 0 Å². The lowest BCUT2D eigenvalue weighted by atomic mass is 10.2. The van der Waals surface area contributed by atoms with Crippen LogP contribution in [0.4, 0.5) is 4.39 Å². The van der Waals surface area contributed by atoms with E-state index in [0.717, 1.165) is 26.2 Å². The molecule has 3 rings (SSSR count). The van der Waals surface area contributed by atoms with E-state index in [2.05, 4.69) is 15.0 Å². The molecule has 2 aromatic rings. The highest BCUT2D eigenvalue weighted by atomic mass is 19.1. The maximum Gasteiger partial charge on any atom is 0.227 e. The van der Waals surface area contributed by atoms with Crippen LogP contribution in [0.15, 0.2) is 28.8 Å². The van der Waals surface area contributed by atoms with E-state index in [-0.39, 0.29) is 11.7 Å². The van der Waals surface area contributed by atoms with Crippen LogP contribution >= 0.6 is 0 Å². The van der Waals surface area contributed by atoms with Gasteiger partial charge in [-0.1, -0.05) is 17.3 Å². The molecule has 1 aromatic heterocycles. The van der Waals surface area contributed by atoms with E-state index in [4.69, 9.17) is 4.52 Å². The maximum atomic E-state index is 13.7. The van der Waals surface area contributed by atoms with Gasteiger partial charge < -0.3 is 14.3 Å². The van der Waals surface area contributed by atoms with Gasteiger partial charge in [-0.15, -0.1) is 0 Å². The Morgan fingerprint density at radius 1 is 1.26 bits per heavy atom. The van der Waals surface area contributed by atoms with Crippen molar-refractivity contribution in [2.75, 3.05) is 33.2 Å². The molecule has 0 aliphatic carbocycles. The number of carbonyl (C=O) groups is 1. The van der Waals surface area contributed by atoms with Crippen LogP contribution in [0.2, 0.25) is 0 Å². The number of amides is 1. The van der Waals surface area contributed by atoms with Crippen LogP contribution in [-0.2, 0) is 11.2 Å². The van der Waals surface area contributed by atoms with Gasteiger partial charge in [-0.3, -0.25) is 4.79 Å². The molecule has 0 atom stereocenters. The Morgan fingerprint density at radius 2 is 2.00 bits per heavy atom. The molecule has 1 aromatic carbocycles. The fourth-order valence-corrected chi connectivity index (χ4v) is 2.54. The Bertz CT molecular complexity index is 680. The average molecular weight is 318 g/mol. The largest absolute Gasteiger partial charge is 0.340 e. The van der Waals surface area contributed by atoms with Crippen molar-refractivity contribution in [3.8, 4) is 11.4 Å². The van der Waals surface area contributed by atoms with Gasteiger partial charge in [0.25, 0.3) is 0 Å². The molecule has 0 saturated carbocycles. The zero-order valence-corrected chi connectivity index (χ0v) is 13.0. The van der Waals surface area contributed by atoms with Crippen molar-refractivity contribution >= 4 is 5.91 Å². The number of aryl methyl sites for hydroxylation is 1. The zero-order valence-electron chi connectivity index (χ0n) is 13.0. The summed E-state index contributed by atoms with van der Waals surface area (Å²) in [5.41, 5.74) is 0.299. The van der Waals surface area contributed by atoms with Crippen molar-refractivity contribution in [1.29, 1.82) is 0 Å². The summed E-state index contributed by atoms with van der Waals surface area (Å²) >= 11 is 0. The quantitative estimate of drug-likeness (QED) is 0.856. The maximum absolute atomic E-state index is 13.7. The molecular formula is C16H19FN4O2. The van der Waals surface area contributed by atoms with Crippen LogP contribution in [0.5, 0.6) is 0 Å². The molecule has 1 fully saturated rings. The number of likely N-dealkylation sites (N-methyl/N-ethyl adjacent to an activating group) is 1. The Hall–Kier alpha value is -2.28. The molecule has 0 spiro atoms. The number of hydrogen-bond donors (Lipinski definition) is 0. The van der Waals surface area contributed by atoms with Crippen molar-refractivity contribution in [2.45, 2.75) is 12.8 Å². The van der Waals surface area contributed by atoms with Gasteiger partial charge in [0.15, 0.2) is 0 Å². The van der Waals surface area contributed by atoms with Crippen molar-refractivity contribution in [2.24, 2.45) is 0 Å². The molecule has 1 saturated heterocycles. The van der Waals surface area contributed by atoms with Crippen molar-refractivity contribution < 1.29 is 13.7 Å². The fourth-order valence-electron chi connectivity index (χ4n) is 2.54. The highest BCUT2D eigenvalue weighted by Crippen LogP contribution is 2.19. The first kappa shape index (κ1) is 15.6. The molecule has 0 unspecified atom stereocenters. The molecule has 0 radical (unpaired) electrons. The number of piperazine rings is 1. The van der Waals surface area contributed by atoms with Crippen molar-refractivity contribution in [3.63, 3.8) is 0 Å². The lowest BCUT2D eigenvalue weighted by molar-refractivity contribution is -0.132. The van der Waals surface area contributed by atoms with Gasteiger partial charge in [-0.25, -0.2) is 4.39 Å². The highest BCUT2D eigenvalue weighted by molar-refractivity contribution is 5.76. The van der Waals surface area contributed by atoms with E-state index in [1.165, 1.54) is 6.07 Å². The van der Waals surface area contributed by atoms with Gasteiger partial charge in [-0.2, -0.15) is 4.98 Å². The second-order valence-electron chi connectivity index (χ2n) is 5.68. The summed E-state index contributed by atoms with van der Waals surface area (Å²) in [5.74, 6) is 0.257. The summed E-state index contributed by atoms with van der Waals surface area (Å²) in [5, 5.41) is 3.79. The second-order valence-corrected chi connectivity index (χ2v) is 5.68. The minimum atomic E-state index is -0.395. The molecule has 1 aliphatic rings. The molecule has 1 aliphatic heterocycles. The molecule has 0 N–H and O–H groups in total. The summed E-state index contributed by atoms with van der Waals surface area (Å²) in [6.45, 7) is 3.28. The van der Waals surface area contributed by atoms with Gasteiger partial charge in [-0.05, 0) is 19.2 Å². The number of aromatic nitrogens is 2. The molecule has 1 amide bonds. The minimum absolute atomic E-state index is 0.0868. The van der Waals surface area contributed by atoms with Crippen LogP contribution < -0.4 is 0 Å². The average Bonchev–Trinajstić information content (AvgIpc) is 3.02. The lowest BCUT2D eigenvalue weighted by Crippen LogP contribution is -2.47. The number of halogens is 1. The van der Waals surface area contributed by atoms with Crippen LogP contribution in [-0.4, -0.2) is 59.1 Å². The first-order chi connectivity index (χ1) is 11.1. The predicted octanol–water partition coefficient (Wildman–Crippen LogP) is 1.58. The third kappa shape index (κ3) is 3.73. The number of carbonyl (C=O) groups excluding carboxylic acids is 1. The highest BCUT2D eigenvalue weighted by Gasteiger charge is 2.20. The van der Waals surface area contributed by atoms with Gasteiger partial charge in [0.1, 0.15) is 5.82 Å². The second kappa shape index (κ2) is 6.87. The van der Waals surface area contributed by atoms with Gasteiger partial charge in [0.05, 0.1) is 5.56 Å². The van der Waals surface area contributed by atoms with Crippen molar-refractivity contribution in [3.05, 3.63) is 36.0 Å². The van der Waals surface area contributed by atoms with Gasteiger partial charge in [0, 0.05) is 39.0 Å². The van der Waals surface area contributed by atoms with Crippen molar-refractivity contribution in [1.82, 2.24) is 19.9 Å². The summed E-state index contributed by atoms with van der Waals surface area (Å²) in [4.78, 5) is 20.4. The predicted molar refractivity (Wildman–Crippen MR) is 82.1 cm³/mol. The Morgan fingerprint density at radius 3 is 2.74 bits per heavy atom. The molecule has 7 heteroatoms. The van der Waals surface area contributed by atoms with E-state index < -0.39 is 5.82 Å². The van der Waals surface area contributed by atoms with E-state index in [9.17, 15) is 9.18 Å². The Labute approximate surface area is 133 Å². The summed E-state index contributed by atoms with van der Waals surface area (Å²) in [6, 6.07) is 6.27. The topological polar surface area (TPSA) is 62.5 Å². The van der Waals surface area contributed by atoms with Crippen LogP contribution in [0.25, 0.3) is 11.4 Å². The number of benzene rings is 1. The van der Waals surface area contributed by atoms with E-state index in [0.29, 0.717) is 24.3 Å². The lowest BCUT2D eigenvalue weighted by Gasteiger charge is -2.32. The van der Waals surface area contributed by atoms with Crippen LogP contribution in [0, 0.1) is 5.82 Å². The van der Waals surface area contributed by atoms with E-state index in [1.807, 2.05) is 11.9 Å². The first-order valence-corrected chi connectivity index (χ1v) is 7.67. The fraction of sp³-hybridized carbons (Fsp3) is 0.438. The van der Waals surface area contributed by atoms with E-state index >= 15 is 0 Å². The molecule has 6 nitrogen and oxygen atoms in total. The first-order valence-electron chi connectivity index (χ1n) is 7.67. The standard InChI is InChI=1S/C16H19FN4O2/c1-20-8-10-21(11-9-20)15(22)7-6-14-18-16(19-23-14)12-4-2-3-5-13(12)17/h2-5H,6-11H2,1H3. The number of hydrogen-bond acceptors (Lipinski definition) is 5. The monoisotopic (exact) mass is 318 g/mol. The molecular weight excluding hydrogens is 299 g/mol. The normalized spacial score (nSPS) is 15.8. The molecule has 0 bridgehead atoms. The summed E-state index contributed by atoms with van der Waals surface area (Å²) in [6.07, 6.45) is 0.690. The smallest absolute Gasteiger partial charge is 0.227 e. The third-order valence-corrected chi connectivity index (χ3v) is 3.99. The van der Waals surface area contributed by atoms with Gasteiger partial charge in [0.2, 0.25) is 17.6 Å². The van der Waals surface area contributed by atoms with E-state index in [1.54, 1.807) is 18.2 Å². The minimum Gasteiger partial charge on any atom is -0.340 e. The Kier molecular flexibility index (Phi) is 4.66. The molecule has 122 valence electrons. The SMILES string of the molecule is CN1CCN(C(=O)CCc2nc(-c3ccccc3F)no2)CC1. The molecule has 2 heterocycles.